The summed E-state index contributed by atoms with van der Waals surface area (Å²) in [6.45, 7) is 4.14. The molecule has 0 unspecified atom stereocenters. The Bertz CT molecular complexity index is 766. The van der Waals surface area contributed by atoms with E-state index in [4.69, 9.17) is 0 Å². The topological polar surface area (TPSA) is 69.9 Å². The van der Waals surface area contributed by atoms with Crippen LogP contribution < -0.4 is 5.32 Å². The Morgan fingerprint density at radius 3 is 2.80 bits per heavy atom. The van der Waals surface area contributed by atoms with Gasteiger partial charge in [0.2, 0.25) is 0 Å². The molecule has 134 valence electrons. The van der Waals surface area contributed by atoms with Crippen LogP contribution in [-0.4, -0.2) is 56.6 Å². The van der Waals surface area contributed by atoms with E-state index in [1.807, 2.05) is 29.7 Å². The highest BCUT2D eigenvalue weighted by Crippen LogP contribution is 2.26. The number of amides is 1. The first-order valence-electron chi connectivity index (χ1n) is 9.30. The molecular weight excluding hydrogens is 316 g/mol. The van der Waals surface area contributed by atoms with Gasteiger partial charge < -0.3 is 14.8 Å². The number of likely N-dealkylation sites (tertiary alicyclic amines) is 1. The molecule has 2 aromatic rings. The first-order valence-corrected chi connectivity index (χ1v) is 9.30. The van der Waals surface area contributed by atoms with Crippen molar-refractivity contribution in [1.82, 2.24) is 19.6 Å². The van der Waals surface area contributed by atoms with Crippen LogP contribution in [0.1, 0.15) is 48.2 Å². The molecule has 3 atom stereocenters. The van der Waals surface area contributed by atoms with Crippen LogP contribution in [0.4, 0.5) is 0 Å². The van der Waals surface area contributed by atoms with Crippen LogP contribution >= 0.6 is 0 Å². The van der Waals surface area contributed by atoms with Gasteiger partial charge in [0.05, 0.1) is 12.1 Å². The van der Waals surface area contributed by atoms with Crippen molar-refractivity contribution in [2.24, 2.45) is 0 Å². The lowest BCUT2D eigenvalue weighted by Crippen LogP contribution is -2.56. The Balaban J connectivity index is 1.47. The Morgan fingerprint density at radius 1 is 1.20 bits per heavy atom. The fraction of sp³-hybridized carbons (Fsp3) is 0.579. The molecule has 6 nitrogen and oxygen atoms in total. The van der Waals surface area contributed by atoms with Gasteiger partial charge in [-0.1, -0.05) is 6.07 Å². The largest absolute Gasteiger partial charge is 0.389 e. The van der Waals surface area contributed by atoms with Gasteiger partial charge in [-0.3, -0.25) is 9.69 Å². The minimum atomic E-state index is -0.505. The van der Waals surface area contributed by atoms with Crippen molar-refractivity contribution < 1.29 is 9.90 Å². The predicted octanol–water partition coefficient (Wildman–Crippen LogP) is 1.75. The molecule has 1 amide bonds. The summed E-state index contributed by atoms with van der Waals surface area (Å²) in [6, 6.07) is 3.87. The van der Waals surface area contributed by atoms with E-state index in [1.165, 1.54) is 12.8 Å². The number of nitrogens with one attached hydrogen (secondary N) is 1. The van der Waals surface area contributed by atoms with Gasteiger partial charge in [-0.25, -0.2) is 4.98 Å². The number of nitrogens with zero attached hydrogens (tertiary/aromatic N) is 3. The zero-order valence-electron chi connectivity index (χ0n) is 14.7. The quantitative estimate of drug-likeness (QED) is 0.892. The van der Waals surface area contributed by atoms with Crippen LogP contribution in [0.3, 0.4) is 0 Å². The van der Waals surface area contributed by atoms with E-state index < -0.39 is 6.10 Å². The van der Waals surface area contributed by atoms with E-state index in [9.17, 15) is 9.90 Å². The summed E-state index contributed by atoms with van der Waals surface area (Å²) in [5.74, 6) is -0.201. The smallest absolute Gasteiger partial charge is 0.271 e. The highest BCUT2D eigenvalue weighted by atomic mass is 16.3. The molecule has 0 radical (unpaired) electrons. The first-order chi connectivity index (χ1) is 12.1. The van der Waals surface area contributed by atoms with Gasteiger partial charge in [-0.2, -0.15) is 0 Å². The number of aryl methyl sites for hydroxylation is 1. The van der Waals surface area contributed by atoms with Crippen LogP contribution in [0.25, 0.3) is 5.65 Å². The molecule has 2 fully saturated rings. The number of aliphatic hydroxyl groups is 1. The monoisotopic (exact) mass is 342 g/mol. The molecule has 25 heavy (non-hydrogen) atoms. The Hall–Kier alpha value is -1.92. The fourth-order valence-corrected chi connectivity index (χ4v) is 4.24. The summed E-state index contributed by atoms with van der Waals surface area (Å²) in [6.07, 6.45) is 8.50. The molecule has 6 heteroatoms. The Labute approximate surface area is 147 Å². The van der Waals surface area contributed by atoms with Crippen molar-refractivity contribution >= 4 is 11.6 Å². The molecule has 4 rings (SSSR count). The molecule has 1 saturated heterocycles. The zero-order valence-corrected chi connectivity index (χ0v) is 14.7. The van der Waals surface area contributed by atoms with Crippen molar-refractivity contribution in [2.75, 3.05) is 13.1 Å². The van der Waals surface area contributed by atoms with Crippen LogP contribution in [0, 0.1) is 6.92 Å². The number of carbonyl (C=O) groups is 1. The Morgan fingerprint density at radius 2 is 2.00 bits per heavy atom. The van der Waals surface area contributed by atoms with Gasteiger partial charge >= 0.3 is 0 Å². The SMILES string of the molecule is Cc1ccc2nc(C(=O)N[C@@H]3CCC[C@@H](N4CCCC4)[C@@H]3O)cn2c1. The maximum absolute atomic E-state index is 12.6. The standard InChI is InChI=1S/C19H26N4O2/c1-13-7-8-17-20-15(12-23(17)11-13)19(25)21-14-5-4-6-16(18(14)24)22-9-2-3-10-22/h7-8,11-12,14,16,18,24H,2-6,9-10H2,1H3,(H,21,25)/t14-,16-,18-/m1/s1. The van der Waals surface area contributed by atoms with Crippen LogP contribution in [-0.2, 0) is 0 Å². The third kappa shape index (κ3) is 3.28. The second-order valence-electron chi connectivity index (χ2n) is 7.41. The minimum Gasteiger partial charge on any atom is -0.389 e. The van der Waals surface area contributed by atoms with Crippen LogP contribution in [0.2, 0.25) is 0 Å². The molecule has 2 aromatic heterocycles. The lowest BCUT2D eigenvalue weighted by Gasteiger charge is -2.39. The summed E-state index contributed by atoms with van der Waals surface area (Å²) < 4.78 is 1.87. The molecule has 0 aromatic carbocycles. The van der Waals surface area contributed by atoms with E-state index in [-0.39, 0.29) is 18.0 Å². The highest BCUT2D eigenvalue weighted by Gasteiger charge is 2.37. The maximum Gasteiger partial charge on any atom is 0.271 e. The number of hydrogen-bond acceptors (Lipinski definition) is 4. The fourth-order valence-electron chi connectivity index (χ4n) is 4.24. The molecule has 3 heterocycles. The summed E-state index contributed by atoms with van der Waals surface area (Å²) >= 11 is 0. The van der Waals surface area contributed by atoms with Gasteiger partial charge in [0.15, 0.2) is 0 Å². The molecule has 2 N–H and O–H groups in total. The summed E-state index contributed by atoms with van der Waals surface area (Å²) in [7, 11) is 0. The van der Waals surface area contributed by atoms with Crippen LogP contribution in [0.15, 0.2) is 24.5 Å². The lowest BCUT2D eigenvalue weighted by atomic mass is 9.87. The summed E-state index contributed by atoms with van der Waals surface area (Å²) in [4.78, 5) is 19.4. The van der Waals surface area contributed by atoms with Gasteiger partial charge in [0, 0.05) is 18.4 Å². The zero-order chi connectivity index (χ0) is 17.4. The predicted molar refractivity (Wildman–Crippen MR) is 95.6 cm³/mol. The van der Waals surface area contributed by atoms with E-state index in [0.717, 1.165) is 43.6 Å². The minimum absolute atomic E-state index is 0.172. The molecule has 0 bridgehead atoms. The highest BCUT2D eigenvalue weighted by molar-refractivity contribution is 5.93. The van der Waals surface area contributed by atoms with E-state index in [1.54, 1.807) is 6.20 Å². The number of carbonyl (C=O) groups excluding carboxylic acids is 1. The van der Waals surface area contributed by atoms with Crippen molar-refractivity contribution in [1.29, 1.82) is 0 Å². The van der Waals surface area contributed by atoms with E-state index in [2.05, 4.69) is 15.2 Å². The number of aromatic nitrogens is 2. The third-order valence-corrected chi connectivity index (χ3v) is 5.58. The number of pyridine rings is 1. The Kier molecular flexibility index (Phi) is 4.48. The lowest BCUT2D eigenvalue weighted by molar-refractivity contribution is 0.00698. The van der Waals surface area contributed by atoms with E-state index in [0.29, 0.717) is 5.69 Å². The molecule has 1 aliphatic carbocycles. The van der Waals surface area contributed by atoms with Crippen molar-refractivity contribution in [2.45, 2.75) is 57.2 Å². The van der Waals surface area contributed by atoms with Crippen molar-refractivity contribution in [3.8, 4) is 0 Å². The first kappa shape index (κ1) is 16.5. The number of hydrogen-bond donors (Lipinski definition) is 2. The average Bonchev–Trinajstić information content (AvgIpc) is 3.25. The molecule has 1 saturated carbocycles. The molecule has 2 aliphatic rings. The summed E-state index contributed by atoms with van der Waals surface area (Å²) in [5.41, 5.74) is 2.28. The second kappa shape index (κ2) is 6.77. The third-order valence-electron chi connectivity index (χ3n) is 5.58. The number of imidazole rings is 1. The number of aliphatic hydroxyl groups excluding tert-OH is 1. The van der Waals surface area contributed by atoms with E-state index >= 15 is 0 Å². The van der Waals surface area contributed by atoms with Crippen molar-refractivity contribution in [3.63, 3.8) is 0 Å². The number of rotatable bonds is 3. The number of fused-ring (bicyclic) bond motifs is 1. The second-order valence-corrected chi connectivity index (χ2v) is 7.41. The van der Waals surface area contributed by atoms with Gasteiger partial charge in [0.25, 0.3) is 5.91 Å². The average molecular weight is 342 g/mol. The van der Waals surface area contributed by atoms with Gasteiger partial charge in [0.1, 0.15) is 11.3 Å². The maximum atomic E-state index is 12.6. The molecule has 1 aliphatic heterocycles. The normalized spacial score (nSPS) is 27.7. The summed E-state index contributed by atoms with van der Waals surface area (Å²) in [5, 5.41) is 13.8. The molecular formula is C19H26N4O2. The molecule has 0 spiro atoms. The van der Waals surface area contributed by atoms with Gasteiger partial charge in [-0.05, 0) is 63.7 Å². The van der Waals surface area contributed by atoms with Crippen molar-refractivity contribution in [3.05, 3.63) is 35.8 Å². The van der Waals surface area contributed by atoms with Crippen LogP contribution in [0.5, 0.6) is 0 Å². The van der Waals surface area contributed by atoms with Gasteiger partial charge in [-0.15, -0.1) is 0 Å².